The van der Waals surface area contributed by atoms with Gasteiger partial charge in [0.2, 0.25) is 5.91 Å². The minimum atomic E-state index is -0.833. The SMILES string of the molecule is COc1ccccc1C(C)CC(=O)NCC(O)c1ccco1. The summed E-state index contributed by atoms with van der Waals surface area (Å²) in [5.74, 6) is 1.12. The Kier molecular flexibility index (Phi) is 5.61. The Bertz CT molecular complexity index is 594. The van der Waals surface area contributed by atoms with Gasteiger partial charge in [-0.25, -0.2) is 0 Å². The number of methoxy groups -OCH3 is 1. The van der Waals surface area contributed by atoms with Gasteiger partial charge in [0.15, 0.2) is 0 Å². The van der Waals surface area contributed by atoms with Crippen molar-refractivity contribution in [3.05, 3.63) is 54.0 Å². The summed E-state index contributed by atoms with van der Waals surface area (Å²) >= 11 is 0. The number of nitrogens with one attached hydrogen (secondary N) is 1. The summed E-state index contributed by atoms with van der Waals surface area (Å²) in [5.41, 5.74) is 0.992. The number of amides is 1. The number of carbonyl (C=O) groups is 1. The highest BCUT2D eigenvalue weighted by Gasteiger charge is 2.16. The number of aliphatic hydroxyl groups is 1. The molecule has 2 atom stereocenters. The first-order valence-electron chi connectivity index (χ1n) is 7.23. The van der Waals surface area contributed by atoms with E-state index in [2.05, 4.69) is 5.32 Å². The number of aliphatic hydroxyl groups excluding tert-OH is 1. The highest BCUT2D eigenvalue weighted by atomic mass is 16.5. The maximum absolute atomic E-state index is 12.0. The second-order valence-electron chi connectivity index (χ2n) is 5.18. The van der Waals surface area contributed by atoms with Gasteiger partial charge >= 0.3 is 0 Å². The normalized spacial score (nSPS) is 13.4. The molecule has 0 aliphatic heterocycles. The summed E-state index contributed by atoms with van der Waals surface area (Å²) in [4.78, 5) is 12.0. The average molecular weight is 303 g/mol. The largest absolute Gasteiger partial charge is 0.496 e. The van der Waals surface area contributed by atoms with E-state index in [1.165, 1.54) is 6.26 Å². The van der Waals surface area contributed by atoms with Crippen molar-refractivity contribution in [3.8, 4) is 5.75 Å². The minimum Gasteiger partial charge on any atom is -0.496 e. The number of ether oxygens (including phenoxy) is 1. The first kappa shape index (κ1) is 16.1. The highest BCUT2D eigenvalue weighted by Crippen LogP contribution is 2.28. The van der Waals surface area contributed by atoms with Crippen molar-refractivity contribution in [2.75, 3.05) is 13.7 Å². The number of para-hydroxylation sites is 1. The molecule has 1 amide bonds. The van der Waals surface area contributed by atoms with Crippen molar-refractivity contribution in [3.63, 3.8) is 0 Å². The molecule has 0 bridgehead atoms. The topological polar surface area (TPSA) is 71.7 Å². The van der Waals surface area contributed by atoms with Gasteiger partial charge in [-0.1, -0.05) is 25.1 Å². The van der Waals surface area contributed by atoms with Crippen LogP contribution in [0.5, 0.6) is 5.75 Å². The molecule has 2 N–H and O–H groups in total. The molecule has 0 aliphatic rings. The van der Waals surface area contributed by atoms with Crippen molar-refractivity contribution in [2.24, 2.45) is 0 Å². The van der Waals surface area contributed by atoms with E-state index in [1.807, 2.05) is 31.2 Å². The zero-order valence-electron chi connectivity index (χ0n) is 12.8. The van der Waals surface area contributed by atoms with Crippen molar-refractivity contribution in [1.29, 1.82) is 0 Å². The lowest BCUT2D eigenvalue weighted by Crippen LogP contribution is -2.29. The molecule has 5 nitrogen and oxygen atoms in total. The van der Waals surface area contributed by atoms with Crippen LogP contribution in [-0.4, -0.2) is 24.7 Å². The Morgan fingerprint density at radius 3 is 2.77 bits per heavy atom. The maximum Gasteiger partial charge on any atom is 0.220 e. The summed E-state index contributed by atoms with van der Waals surface area (Å²) in [6.07, 6.45) is 0.982. The van der Waals surface area contributed by atoms with Gasteiger partial charge in [0.1, 0.15) is 17.6 Å². The molecule has 2 unspecified atom stereocenters. The number of rotatable bonds is 7. The Hall–Kier alpha value is -2.27. The zero-order valence-corrected chi connectivity index (χ0v) is 12.8. The predicted octanol–water partition coefficient (Wildman–Crippen LogP) is 2.63. The van der Waals surface area contributed by atoms with E-state index in [0.29, 0.717) is 12.2 Å². The molecule has 2 rings (SSSR count). The van der Waals surface area contributed by atoms with E-state index in [4.69, 9.17) is 9.15 Å². The van der Waals surface area contributed by atoms with Gasteiger partial charge < -0.3 is 19.6 Å². The van der Waals surface area contributed by atoms with Crippen molar-refractivity contribution in [2.45, 2.75) is 25.4 Å². The fourth-order valence-corrected chi connectivity index (χ4v) is 2.33. The summed E-state index contributed by atoms with van der Waals surface area (Å²) in [6, 6.07) is 11.0. The van der Waals surface area contributed by atoms with Gasteiger partial charge in [0.25, 0.3) is 0 Å². The van der Waals surface area contributed by atoms with Gasteiger partial charge in [-0.2, -0.15) is 0 Å². The van der Waals surface area contributed by atoms with E-state index in [9.17, 15) is 9.90 Å². The predicted molar refractivity (Wildman–Crippen MR) is 82.7 cm³/mol. The molecule has 0 fully saturated rings. The fraction of sp³-hybridized carbons (Fsp3) is 0.353. The summed E-state index contributed by atoms with van der Waals surface area (Å²) in [7, 11) is 1.62. The molecule has 1 aromatic carbocycles. The Morgan fingerprint density at radius 2 is 2.09 bits per heavy atom. The summed E-state index contributed by atoms with van der Waals surface area (Å²) in [5, 5.41) is 12.6. The Balaban J connectivity index is 1.86. The van der Waals surface area contributed by atoms with Crippen LogP contribution < -0.4 is 10.1 Å². The van der Waals surface area contributed by atoms with E-state index in [-0.39, 0.29) is 18.4 Å². The van der Waals surface area contributed by atoms with Crippen molar-refractivity contribution >= 4 is 5.91 Å². The molecular weight excluding hydrogens is 282 g/mol. The van der Waals surface area contributed by atoms with Crippen LogP contribution in [0.3, 0.4) is 0 Å². The molecular formula is C17H21NO4. The molecule has 118 valence electrons. The van der Waals surface area contributed by atoms with Crippen LogP contribution in [0.2, 0.25) is 0 Å². The Labute approximate surface area is 129 Å². The van der Waals surface area contributed by atoms with Crippen molar-refractivity contribution in [1.82, 2.24) is 5.32 Å². The van der Waals surface area contributed by atoms with E-state index >= 15 is 0 Å². The second-order valence-corrected chi connectivity index (χ2v) is 5.18. The maximum atomic E-state index is 12.0. The van der Waals surface area contributed by atoms with Crippen LogP contribution in [0, 0.1) is 0 Å². The number of benzene rings is 1. The van der Waals surface area contributed by atoms with Crippen LogP contribution in [0.25, 0.3) is 0 Å². The smallest absolute Gasteiger partial charge is 0.220 e. The van der Waals surface area contributed by atoms with Gasteiger partial charge in [-0.3, -0.25) is 4.79 Å². The lowest BCUT2D eigenvalue weighted by molar-refractivity contribution is -0.121. The third-order valence-corrected chi connectivity index (χ3v) is 3.53. The van der Waals surface area contributed by atoms with Gasteiger partial charge in [-0.15, -0.1) is 0 Å². The van der Waals surface area contributed by atoms with E-state index < -0.39 is 6.10 Å². The van der Waals surface area contributed by atoms with Crippen molar-refractivity contribution < 1.29 is 19.1 Å². The van der Waals surface area contributed by atoms with Gasteiger partial charge in [0.05, 0.1) is 19.9 Å². The quantitative estimate of drug-likeness (QED) is 0.825. The summed E-state index contributed by atoms with van der Waals surface area (Å²) in [6.45, 7) is 2.10. The molecule has 5 heteroatoms. The van der Waals surface area contributed by atoms with Crippen LogP contribution in [0.4, 0.5) is 0 Å². The monoisotopic (exact) mass is 303 g/mol. The standard InChI is InChI=1S/C17H21NO4/c1-12(13-6-3-4-7-15(13)21-2)10-17(20)18-11-14(19)16-8-5-9-22-16/h3-9,12,14,19H,10-11H2,1-2H3,(H,18,20). The minimum absolute atomic E-state index is 0.0249. The van der Waals surface area contributed by atoms with Crippen LogP contribution in [0.15, 0.2) is 47.1 Å². The number of hydrogen-bond acceptors (Lipinski definition) is 4. The third-order valence-electron chi connectivity index (χ3n) is 3.53. The van der Waals surface area contributed by atoms with E-state index in [0.717, 1.165) is 11.3 Å². The lowest BCUT2D eigenvalue weighted by atomic mass is 9.96. The number of carbonyl (C=O) groups excluding carboxylic acids is 1. The molecule has 22 heavy (non-hydrogen) atoms. The third kappa shape index (κ3) is 4.11. The van der Waals surface area contributed by atoms with E-state index in [1.54, 1.807) is 19.2 Å². The molecule has 1 aromatic heterocycles. The molecule has 0 spiro atoms. The number of hydrogen-bond donors (Lipinski definition) is 2. The van der Waals surface area contributed by atoms with Gasteiger partial charge in [0, 0.05) is 6.42 Å². The zero-order chi connectivity index (χ0) is 15.9. The molecule has 0 saturated carbocycles. The molecule has 0 saturated heterocycles. The van der Waals surface area contributed by atoms with Crippen LogP contribution in [-0.2, 0) is 4.79 Å². The molecule has 2 aromatic rings. The van der Waals surface area contributed by atoms with Gasteiger partial charge in [-0.05, 0) is 29.7 Å². The molecule has 1 heterocycles. The lowest BCUT2D eigenvalue weighted by Gasteiger charge is -2.16. The first-order valence-corrected chi connectivity index (χ1v) is 7.23. The fourth-order valence-electron chi connectivity index (χ4n) is 2.33. The highest BCUT2D eigenvalue weighted by molar-refractivity contribution is 5.77. The average Bonchev–Trinajstić information content (AvgIpc) is 3.07. The number of furan rings is 1. The van der Waals surface area contributed by atoms with Crippen LogP contribution >= 0.6 is 0 Å². The Morgan fingerprint density at radius 1 is 1.32 bits per heavy atom. The van der Waals surface area contributed by atoms with Crippen LogP contribution in [0.1, 0.15) is 36.7 Å². The molecule has 0 aliphatic carbocycles. The summed E-state index contributed by atoms with van der Waals surface area (Å²) < 4.78 is 10.4. The first-order chi connectivity index (χ1) is 10.6. The molecule has 0 radical (unpaired) electrons. The second kappa shape index (κ2) is 7.66.